The summed E-state index contributed by atoms with van der Waals surface area (Å²) in [5, 5.41) is 3.92. The van der Waals surface area contributed by atoms with E-state index in [4.69, 9.17) is 5.14 Å². The minimum atomic E-state index is -4.25. The van der Waals surface area contributed by atoms with Crippen molar-refractivity contribution in [1.82, 2.24) is 4.98 Å². The van der Waals surface area contributed by atoms with Gasteiger partial charge in [0.2, 0.25) is 5.43 Å². The van der Waals surface area contributed by atoms with Crippen LogP contribution >= 0.6 is 0 Å². The number of methoxy groups -OCH3 is 1. The number of alkyl halides is 2. The molecule has 0 atom stereocenters. The van der Waals surface area contributed by atoms with Crippen molar-refractivity contribution in [3.8, 4) is 5.75 Å². The first-order valence-corrected chi connectivity index (χ1v) is 5.44. The summed E-state index contributed by atoms with van der Waals surface area (Å²) < 4.78 is 51.2. The first-order valence-electron chi connectivity index (χ1n) is 3.89. The van der Waals surface area contributed by atoms with Gasteiger partial charge in [0.25, 0.3) is 16.4 Å². The molecule has 0 spiro atoms. The molecule has 6 nitrogen and oxygen atoms in total. The first kappa shape index (κ1) is 12.6. The van der Waals surface area contributed by atoms with E-state index in [-0.39, 0.29) is 0 Å². The Labute approximate surface area is 89.1 Å². The minimum absolute atomic E-state index is 0.583. The fourth-order valence-electron chi connectivity index (χ4n) is 1.06. The number of sulfonamides is 1. The fourth-order valence-corrected chi connectivity index (χ4v) is 1.58. The molecule has 0 aliphatic carbocycles. The molecule has 0 aliphatic heterocycles. The summed E-state index contributed by atoms with van der Waals surface area (Å²) in [4.78, 5) is 13.1. The first-order chi connectivity index (χ1) is 7.27. The standard InChI is InChI=1S/C7H8F2N2O4S/c1-15-6-3(12)2-4(16(10,13)14)11-5(6)7(8)9/h2,7H,1H3,(H,11,12)(H2,10,13,14). The molecule has 1 aromatic heterocycles. The van der Waals surface area contributed by atoms with Crippen LogP contribution in [0.25, 0.3) is 0 Å². The number of nitrogens with two attached hydrogens (primary N) is 1. The molecule has 16 heavy (non-hydrogen) atoms. The maximum absolute atomic E-state index is 12.5. The summed E-state index contributed by atoms with van der Waals surface area (Å²) in [5.41, 5.74) is -1.90. The second kappa shape index (κ2) is 4.18. The molecule has 0 aliphatic rings. The minimum Gasteiger partial charge on any atom is -0.491 e. The van der Waals surface area contributed by atoms with Crippen LogP contribution in [0.5, 0.6) is 5.75 Å². The van der Waals surface area contributed by atoms with Gasteiger partial charge >= 0.3 is 0 Å². The number of hydrogen-bond donors (Lipinski definition) is 2. The number of primary sulfonamides is 1. The quantitative estimate of drug-likeness (QED) is 0.790. The third-order valence-corrected chi connectivity index (χ3v) is 2.55. The summed E-state index contributed by atoms with van der Waals surface area (Å²) >= 11 is 0. The zero-order valence-corrected chi connectivity index (χ0v) is 8.85. The maximum atomic E-state index is 12.5. The van der Waals surface area contributed by atoms with Crippen LogP contribution in [-0.4, -0.2) is 20.5 Å². The van der Waals surface area contributed by atoms with Crippen molar-refractivity contribution in [1.29, 1.82) is 0 Å². The van der Waals surface area contributed by atoms with E-state index in [9.17, 15) is 22.0 Å². The van der Waals surface area contributed by atoms with Gasteiger partial charge in [0.15, 0.2) is 10.8 Å². The Hall–Kier alpha value is -1.48. The van der Waals surface area contributed by atoms with Crippen molar-refractivity contribution in [2.45, 2.75) is 11.5 Å². The Kier molecular flexibility index (Phi) is 3.29. The summed E-state index contributed by atoms with van der Waals surface area (Å²) in [6.45, 7) is 0. The van der Waals surface area contributed by atoms with Crippen LogP contribution in [0.2, 0.25) is 0 Å². The van der Waals surface area contributed by atoms with E-state index in [2.05, 4.69) is 4.74 Å². The number of rotatable bonds is 3. The van der Waals surface area contributed by atoms with Gasteiger partial charge in [-0.1, -0.05) is 0 Å². The Morgan fingerprint density at radius 3 is 2.44 bits per heavy atom. The molecule has 1 rings (SSSR count). The van der Waals surface area contributed by atoms with Gasteiger partial charge in [-0.2, -0.15) is 0 Å². The summed E-state index contributed by atoms with van der Waals surface area (Å²) in [5.74, 6) is -0.637. The highest BCUT2D eigenvalue weighted by Crippen LogP contribution is 2.24. The Morgan fingerprint density at radius 1 is 1.50 bits per heavy atom. The molecule has 1 heterocycles. The maximum Gasteiger partial charge on any atom is 0.282 e. The molecule has 0 radical (unpaired) electrons. The average molecular weight is 254 g/mol. The predicted molar refractivity (Wildman–Crippen MR) is 49.9 cm³/mol. The van der Waals surface area contributed by atoms with Gasteiger partial charge < -0.3 is 9.72 Å². The molecule has 90 valence electrons. The summed E-state index contributed by atoms with van der Waals surface area (Å²) in [6.07, 6.45) is -3.08. The summed E-state index contributed by atoms with van der Waals surface area (Å²) in [6, 6.07) is 0.583. The SMILES string of the molecule is COc1c(C(F)F)[nH]c(S(N)(=O)=O)cc1=O. The lowest BCUT2D eigenvalue weighted by Gasteiger charge is -2.08. The molecule has 0 bridgehead atoms. The molecule has 9 heteroatoms. The molecule has 0 saturated heterocycles. The number of ether oxygens (including phenoxy) is 1. The zero-order valence-electron chi connectivity index (χ0n) is 8.03. The number of nitrogens with one attached hydrogen (secondary N) is 1. The van der Waals surface area contributed by atoms with Crippen molar-refractivity contribution >= 4 is 10.0 Å². The fraction of sp³-hybridized carbons (Fsp3) is 0.286. The van der Waals surface area contributed by atoms with Gasteiger partial charge in [-0.25, -0.2) is 22.3 Å². The van der Waals surface area contributed by atoms with Crippen molar-refractivity contribution < 1.29 is 21.9 Å². The van der Waals surface area contributed by atoms with Crippen molar-refractivity contribution in [3.05, 3.63) is 22.0 Å². The van der Waals surface area contributed by atoms with Crippen molar-refractivity contribution in [2.24, 2.45) is 5.14 Å². The lowest BCUT2D eigenvalue weighted by atomic mass is 10.3. The molecule has 0 aromatic carbocycles. The lowest BCUT2D eigenvalue weighted by Crippen LogP contribution is -2.20. The van der Waals surface area contributed by atoms with Gasteiger partial charge in [-0.15, -0.1) is 0 Å². The van der Waals surface area contributed by atoms with E-state index in [1.54, 1.807) is 0 Å². The zero-order chi connectivity index (χ0) is 12.5. The van der Waals surface area contributed by atoms with Gasteiger partial charge in [-0.05, 0) is 0 Å². The van der Waals surface area contributed by atoms with Crippen LogP contribution in [0.3, 0.4) is 0 Å². The number of H-pyrrole nitrogens is 1. The van der Waals surface area contributed by atoms with Crippen molar-refractivity contribution in [3.63, 3.8) is 0 Å². The number of hydrogen-bond acceptors (Lipinski definition) is 4. The van der Waals surface area contributed by atoms with Gasteiger partial charge in [0.05, 0.1) is 7.11 Å². The molecule has 1 aromatic rings. The largest absolute Gasteiger partial charge is 0.491 e. The number of halogens is 2. The van der Waals surface area contributed by atoms with E-state index in [0.29, 0.717) is 6.07 Å². The number of aromatic amines is 1. The van der Waals surface area contributed by atoms with E-state index in [0.717, 1.165) is 7.11 Å². The molecular formula is C7H8F2N2O4S. The molecule has 0 unspecified atom stereocenters. The van der Waals surface area contributed by atoms with Gasteiger partial charge in [0.1, 0.15) is 5.69 Å². The van der Waals surface area contributed by atoms with Crippen molar-refractivity contribution in [2.75, 3.05) is 7.11 Å². The second-order valence-electron chi connectivity index (χ2n) is 2.79. The van der Waals surface area contributed by atoms with E-state index in [1.807, 2.05) is 4.98 Å². The van der Waals surface area contributed by atoms with E-state index < -0.39 is 38.3 Å². The molecule has 3 N–H and O–H groups in total. The normalized spacial score (nSPS) is 11.8. The van der Waals surface area contributed by atoms with Crippen LogP contribution in [0.4, 0.5) is 8.78 Å². The van der Waals surface area contributed by atoms with Crippen LogP contribution in [0.15, 0.2) is 15.9 Å². The van der Waals surface area contributed by atoms with E-state index in [1.165, 1.54) is 0 Å². The average Bonchev–Trinajstić information content (AvgIpc) is 2.14. The van der Waals surface area contributed by atoms with Crippen LogP contribution in [-0.2, 0) is 10.0 Å². The second-order valence-corrected chi connectivity index (χ2v) is 4.32. The molecule has 0 saturated carbocycles. The summed E-state index contributed by atoms with van der Waals surface area (Å²) in [7, 11) is -3.23. The third-order valence-electron chi connectivity index (χ3n) is 1.72. The third kappa shape index (κ3) is 2.36. The molecular weight excluding hydrogens is 246 g/mol. The monoisotopic (exact) mass is 254 g/mol. The van der Waals surface area contributed by atoms with E-state index >= 15 is 0 Å². The highest BCUT2D eigenvalue weighted by Gasteiger charge is 2.21. The van der Waals surface area contributed by atoms with Crippen LogP contribution in [0.1, 0.15) is 12.1 Å². The highest BCUT2D eigenvalue weighted by atomic mass is 32.2. The lowest BCUT2D eigenvalue weighted by molar-refractivity contribution is 0.140. The Bertz CT molecular complexity index is 552. The number of pyridine rings is 1. The molecule has 0 fully saturated rings. The van der Waals surface area contributed by atoms with Gasteiger partial charge in [-0.3, -0.25) is 4.79 Å². The Morgan fingerprint density at radius 2 is 2.06 bits per heavy atom. The topological polar surface area (TPSA) is 102 Å². The Balaban J connectivity index is 3.59. The predicted octanol–water partition coefficient (Wildman–Crippen LogP) is -0.0315. The number of aromatic nitrogens is 1. The van der Waals surface area contributed by atoms with Crippen LogP contribution in [0, 0.1) is 0 Å². The van der Waals surface area contributed by atoms with Gasteiger partial charge in [0, 0.05) is 6.07 Å². The smallest absolute Gasteiger partial charge is 0.282 e. The molecule has 0 amide bonds. The highest BCUT2D eigenvalue weighted by molar-refractivity contribution is 7.89. The van der Waals surface area contributed by atoms with Crippen LogP contribution < -0.4 is 15.3 Å².